The van der Waals surface area contributed by atoms with Crippen molar-refractivity contribution in [3.05, 3.63) is 24.3 Å². The quantitative estimate of drug-likeness (QED) is 0.832. The standard InChI is InChI=1S/C16H23N3O2S/c1-4-9-17-15(20)14-10-19(16(22)18-11(2)3)12-7-5-6-8-13(12)21-14/h5-8,11,14H,4,9-10H2,1-3H3,(H,17,20)(H,18,22)/t14-/m1/s1. The predicted molar refractivity (Wildman–Crippen MR) is 92.4 cm³/mol. The molecular formula is C16H23N3O2S. The van der Waals surface area contributed by atoms with Crippen LogP contribution in [0.3, 0.4) is 0 Å². The minimum absolute atomic E-state index is 0.103. The predicted octanol–water partition coefficient (Wildman–Crippen LogP) is 2.06. The molecule has 1 aliphatic rings. The van der Waals surface area contributed by atoms with Gasteiger partial charge in [-0.15, -0.1) is 0 Å². The molecule has 6 heteroatoms. The first-order valence-electron chi connectivity index (χ1n) is 7.64. The van der Waals surface area contributed by atoms with Crippen LogP contribution >= 0.6 is 12.2 Å². The van der Waals surface area contributed by atoms with E-state index in [0.717, 1.165) is 12.1 Å². The molecule has 0 bridgehead atoms. The summed E-state index contributed by atoms with van der Waals surface area (Å²) in [5.74, 6) is 0.576. The summed E-state index contributed by atoms with van der Waals surface area (Å²) in [6, 6.07) is 7.87. The van der Waals surface area contributed by atoms with Crippen LogP contribution in [0.1, 0.15) is 27.2 Å². The number of amides is 1. The number of carbonyl (C=O) groups is 1. The van der Waals surface area contributed by atoms with Crippen molar-refractivity contribution in [2.45, 2.75) is 39.3 Å². The Hall–Kier alpha value is -1.82. The number of fused-ring (bicyclic) bond motifs is 1. The van der Waals surface area contributed by atoms with E-state index in [2.05, 4.69) is 10.6 Å². The van der Waals surface area contributed by atoms with E-state index in [1.807, 2.05) is 49.9 Å². The lowest BCUT2D eigenvalue weighted by Gasteiger charge is -2.36. The lowest BCUT2D eigenvalue weighted by molar-refractivity contribution is -0.127. The summed E-state index contributed by atoms with van der Waals surface area (Å²) in [6.45, 7) is 7.14. The monoisotopic (exact) mass is 321 g/mol. The van der Waals surface area contributed by atoms with Gasteiger partial charge in [-0.2, -0.15) is 0 Å². The number of rotatable bonds is 4. The highest BCUT2D eigenvalue weighted by molar-refractivity contribution is 7.80. The van der Waals surface area contributed by atoms with Crippen molar-refractivity contribution >= 4 is 28.9 Å². The van der Waals surface area contributed by atoms with Gasteiger partial charge >= 0.3 is 0 Å². The van der Waals surface area contributed by atoms with Gasteiger partial charge in [0.2, 0.25) is 0 Å². The zero-order chi connectivity index (χ0) is 16.1. The molecule has 2 rings (SSSR count). The van der Waals surface area contributed by atoms with Crippen LogP contribution in [0, 0.1) is 0 Å². The fraction of sp³-hybridized carbons (Fsp3) is 0.500. The molecule has 0 radical (unpaired) electrons. The van der Waals surface area contributed by atoms with Crippen LogP contribution < -0.4 is 20.3 Å². The Kier molecular flexibility index (Phi) is 5.60. The van der Waals surface area contributed by atoms with E-state index in [-0.39, 0.29) is 11.9 Å². The summed E-state index contributed by atoms with van der Waals surface area (Å²) in [4.78, 5) is 14.2. The Labute approximate surface area is 137 Å². The Balaban J connectivity index is 2.21. The van der Waals surface area contributed by atoms with Gasteiger partial charge in [0.1, 0.15) is 5.75 Å². The highest BCUT2D eigenvalue weighted by Gasteiger charge is 2.32. The Morgan fingerprint density at radius 2 is 2.18 bits per heavy atom. The molecule has 2 N–H and O–H groups in total. The molecule has 1 aromatic carbocycles. The number of hydrogen-bond acceptors (Lipinski definition) is 3. The lowest BCUT2D eigenvalue weighted by Crippen LogP contribution is -2.53. The molecule has 0 unspecified atom stereocenters. The maximum atomic E-state index is 12.2. The maximum absolute atomic E-state index is 12.2. The number of nitrogens with zero attached hydrogens (tertiary/aromatic N) is 1. The second-order valence-electron chi connectivity index (χ2n) is 5.58. The fourth-order valence-electron chi connectivity index (χ4n) is 2.25. The summed E-state index contributed by atoms with van der Waals surface area (Å²) in [5.41, 5.74) is 0.889. The first kappa shape index (κ1) is 16.5. The van der Waals surface area contributed by atoms with Gasteiger partial charge < -0.3 is 20.3 Å². The average Bonchev–Trinajstić information content (AvgIpc) is 2.50. The second kappa shape index (κ2) is 7.45. The summed E-state index contributed by atoms with van der Waals surface area (Å²) in [5, 5.41) is 6.72. The zero-order valence-corrected chi connectivity index (χ0v) is 14.1. The number of anilines is 1. The van der Waals surface area contributed by atoms with Gasteiger partial charge in [-0.3, -0.25) is 4.79 Å². The van der Waals surface area contributed by atoms with Crippen molar-refractivity contribution in [1.82, 2.24) is 10.6 Å². The molecule has 1 atom stereocenters. The van der Waals surface area contributed by atoms with Crippen LogP contribution in [-0.2, 0) is 4.79 Å². The van der Waals surface area contributed by atoms with Crippen LogP contribution in [0.15, 0.2) is 24.3 Å². The minimum Gasteiger partial charge on any atom is -0.477 e. The molecule has 22 heavy (non-hydrogen) atoms. The van der Waals surface area contributed by atoms with Crippen LogP contribution in [0.5, 0.6) is 5.75 Å². The van der Waals surface area contributed by atoms with Gasteiger partial charge in [0.15, 0.2) is 11.2 Å². The number of ether oxygens (including phenoxy) is 1. The minimum atomic E-state index is -0.562. The Morgan fingerprint density at radius 1 is 1.45 bits per heavy atom. The molecule has 1 aliphatic heterocycles. The molecule has 0 aromatic heterocycles. The normalized spacial score (nSPS) is 16.7. The van der Waals surface area contributed by atoms with Gasteiger partial charge in [0, 0.05) is 12.6 Å². The fourth-order valence-corrected chi connectivity index (χ4v) is 2.66. The van der Waals surface area contributed by atoms with E-state index in [4.69, 9.17) is 17.0 Å². The highest BCUT2D eigenvalue weighted by atomic mass is 32.1. The van der Waals surface area contributed by atoms with Gasteiger partial charge in [-0.05, 0) is 44.6 Å². The first-order chi connectivity index (χ1) is 10.5. The Morgan fingerprint density at radius 3 is 2.86 bits per heavy atom. The SMILES string of the molecule is CCCNC(=O)[C@H]1CN(C(=S)NC(C)C)c2ccccc2O1. The maximum Gasteiger partial charge on any atom is 0.262 e. The van der Waals surface area contributed by atoms with Gasteiger partial charge in [-0.1, -0.05) is 19.1 Å². The summed E-state index contributed by atoms with van der Waals surface area (Å²) in [7, 11) is 0. The molecule has 120 valence electrons. The average molecular weight is 321 g/mol. The third kappa shape index (κ3) is 3.88. The van der Waals surface area contributed by atoms with Crippen molar-refractivity contribution in [3.63, 3.8) is 0 Å². The molecule has 1 amide bonds. The van der Waals surface area contributed by atoms with Gasteiger partial charge in [0.25, 0.3) is 5.91 Å². The van der Waals surface area contributed by atoms with E-state index in [1.54, 1.807) is 0 Å². The van der Waals surface area contributed by atoms with Crippen molar-refractivity contribution < 1.29 is 9.53 Å². The van der Waals surface area contributed by atoms with Gasteiger partial charge in [0.05, 0.1) is 12.2 Å². The van der Waals surface area contributed by atoms with Crippen molar-refractivity contribution in [1.29, 1.82) is 0 Å². The largest absolute Gasteiger partial charge is 0.477 e. The van der Waals surface area contributed by atoms with E-state index in [1.165, 1.54) is 0 Å². The van der Waals surface area contributed by atoms with Crippen LogP contribution in [0.2, 0.25) is 0 Å². The van der Waals surface area contributed by atoms with E-state index in [9.17, 15) is 4.79 Å². The molecule has 0 aliphatic carbocycles. The van der Waals surface area contributed by atoms with Crippen molar-refractivity contribution in [2.75, 3.05) is 18.0 Å². The Bertz CT molecular complexity index is 548. The number of carbonyl (C=O) groups excluding carboxylic acids is 1. The van der Waals surface area contributed by atoms with Crippen molar-refractivity contribution in [3.8, 4) is 5.75 Å². The van der Waals surface area contributed by atoms with Crippen molar-refractivity contribution in [2.24, 2.45) is 0 Å². The van der Waals surface area contributed by atoms with E-state index in [0.29, 0.717) is 24.0 Å². The number of benzene rings is 1. The molecular weight excluding hydrogens is 298 g/mol. The molecule has 1 heterocycles. The van der Waals surface area contributed by atoms with Crippen LogP contribution in [0.4, 0.5) is 5.69 Å². The molecule has 1 aromatic rings. The summed E-state index contributed by atoms with van der Waals surface area (Å²) in [6.07, 6.45) is 0.333. The number of hydrogen-bond donors (Lipinski definition) is 2. The van der Waals surface area contributed by atoms with Crippen LogP contribution in [0.25, 0.3) is 0 Å². The third-order valence-electron chi connectivity index (χ3n) is 3.27. The number of para-hydroxylation sites is 2. The zero-order valence-electron chi connectivity index (χ0n) is 13.3. The smallest absolute Gasteiger partial charge is 0.262 e. The molecule has 0 fully saturated rings. The van der Waals surface area contributed by atoms with Gasteiger partial charge in [-0.25, -0.2) is 0 Å². The number of nitrogens with one attached hydrogen (secondary N) is 2. The highest BCUT2D eigenvalue weighted by Crippen LogP contribution is 2.33. The van der Waals surface area contributed by atoms with E-state index >= 15 is 0 Å². The first-order valence-corrected chi connectivity index (χ1v) is 8.05. The lowest BCUT2D eigenvalue weighted by atomic mass is 10.2. The number of thiocarbonyl (C=S) groups is 1. The topological polar surface area (TPSA) is 53.6 Å². The molecule has 0 saturated heterocycles. The van der Waals surface area contributed by atoms with E-state index < -0.39 is 6.10 Å². The summed E-state index contributed by atoms with van der Waals surface area (Å²) < 4.78 is 5.84. The van der Waals surface area contributed by atoms with Crippen LogP contribution in [-0.4, -0.2) is 36.3 Å². The third-order valence-corrected chi connectivity index (χ3v) is 3.61. The second-order valence-corrected chi connectivity index (χ2v) is 5.97. The molecule has 0 saturated carbocycles. The molecule has 0 spiro atoms. The summed E-state index contributed by atoms with van der Waals surface area (Å²) >= 11 is 5.48. The molecule has 5 nitrogen and oxygen atoms in total.